The Morgan fingerprint density at radius 3 is 2.81 bits per heavy atom. The van der Waals surface area contributed by atoms with Gasteiger partial charge in [-0.25, -0.2) is 4.98 Å². The zero-order valence-electron chi connectivity index (χ0n) is 14.1. The summed E-state index contributed by atoms with van der Waals surface area (Å²) in [5, 5.41) is 26.6. The lowest BCUT2D eigenvalue weighted by Crippen LogP contribution is -2.09. The number of hydrogen-bond acceptors (Lipinski definition) is 8. The molecule has 2 aromatic heterocycles. The first-order valence-electron chi connectivity index (χ1n) is 8.10. The molecule has 7 nitrogen and oxygen atoms in total. The van der Waals surface area contributed by atoms with E-state index in [1.54, 1.807) is 18.3 Å². The fourth-order valence-corrected chi connectivity index (χ4v) is 3.77. The van der Waals surface area contributed by atoms with E-state index in [2.05, 4.69) is 26.7 Å². The molecule has 2 heterocycles. The zero-order valence-corrected chi connectivity index (χ0v) is 15.0. The van der Waals surface area contributed by atoms with Gasteiger partial charge in [-0.05, 0) is 24.1 Å². The van der Waals surface area contributed by atoms with Crippen LogP contribution in [0.15, 0.2) is 36.5 Å². The van der Waals surface area contributed by atoms with Gasteiger partial charge in [0.05, 0.1) is 11.9 Å². The van der Waals surface area contributed by atoms with Crippen molar-refractivity contribution in [1.29, 1.82) is 5.26 Å². The number of para-hydroxylation sites is 1. The normalized spacial score (nSPS) is 10.3. The molecule has 8 heteroatoms. The Morgan fingerprint density at radius 2 is 2.12 bits per heavy atom. The molecule has 2 N–H and O–H groups in total. The molecule has 0 spiro atoms. The molecule has 0 aliphatic carbocycles. The van der Waals surface area contributed by atoms with Crippen LogP contribution in [0.1, 0.15) is 22.2 Å². The average Bonchev–Trinajstić information content (AvgIpc) is 3.05. The van der Waals surface area contributed by atoms with Gasteiger partial charge in [-0.1, -0.05) is 25.1 Å². The Morgan fingerprint density at radius 1 is 1.31 bits per heavy atom. The number of thiophene rings is 1. The Hall–Kier alpha value is -3.02. The maximum atomic E-state index is 9.38. The molecule has 132 valence electrons. The van der Waals surface area contributed by atoms with E-state index in [1.807, 2.05) is 25.1 Å². The van der Waals surface area contributed by atoms with Gasteiger partial charge >= 0.3 is 0 Å². The minimum Gasteiger partial charge on any atom is -0.396 e. The Kier molecular flexibility index (Phi) is 5.73. The number of rotatable bonds is 7. The van der Waals surface area contributed by atoms with Crippen LogP contribution >= 0.6 is 11.3 Å². The van der Waals surface area contributed by atoms with Crippen molar-refractivity contribution in [2.75, 3.05) is 12.1 Å². The van der Waals surface area contributed by atoms with Gasteiger partial charge in [0.1, 0.15) is 10.9 Å². The number of aliphatic hydroxyl groups excluding tert-OH is 1. The van der Waals surface area contributed by atoms with Crippen molar-refractivity contribution < 1.29 is 9.94 Å². The van der Waals surface area contributed by atoms with Gasteiger partial charge in [-0.3, -0.25) is 0 Å². The van der Waals surface area contributed by atoms with Crippen molar-refractivity contribution >= 4 is 17.3 Å². The van der Waals surface area contributed by atoms with Gasteiger partial charge in [0, 0.05) is 23.5 Å². The maximum Gasteiger partial charge on any atom is 0.276 e. The first kappa shape index (κ1) is 17.8. The predicted octanol–water partition coefficient (Wildman–Crippen LogP) is 2.97. The third-order valence-corrected chi connectivity index (χ3v) is 4.89. The van der Waals surface area contributed by atoms with Crippen molar-refractivity contribution in [2.24, 2.45) is 0 Å². The molecule has 0 atom stereocenters. The number of hydrogen-bond donors (Lipinski definition) is 2. The number of nitrogens with zero attached hydrogens (tertiary/aromatic N) is 4. The summed E-state index contributed by atoms with van der Waals surface area (Å²) in [6.45, 7) is 1.99. The standard InChI is InChI=1S/C18H17N5O2S/c1-2-13-16(10-19)26-15(8-9-24)17(13)14-11-20-22-18(21-14)23-25-12-6-4-3-5-7-12/h3-7,11,24H,2,8-9H2,1H3,(H,21,22,23). The number of anilines is 1. The van der Waals surface area contributed by atoms with Crippen LogP contribution in [0.5, 0.6) is 5.75 Å². The number of nitriles is 1. The lowest BCUT2D eigenvalue weighted by Gasteiger charge is -2.08. The SMILES string of the molecule is CCc1c(C#N)sc(CCO)c1-c1cnnc(NOc2ccccc2)n1. The molecule has 0 fully saturated rings. The molecule has 3 rings (SSSR count). The Bertz CT molecular complexity index is 921. The quantitative estimate of drug-likeness (QED) is 0.619. The summed E-state index contributed by atoms with van der Waals surface area (Å²) >= 11 is 1.39. The van der Waals surface area contributed by atoms with Crippen LogP contribution in [0.2, 0.25) is 0 Å². The number of nitrogens with one attached hydrogen (secondary N) is 1. The van der Waals surface area contributed by atoms with Gasteiger partial charge in [0.25, 0.3) is 5.95 Å². The highest BCUT2D eigenvalue weighted by Gasteiger charge is 2.20. The molecule has 0 aliphatic rings. The van der Waals surface area contributed by atoms with E-state index in [0.717, 1.165) is 16.0 Å². The van der Waals surface area contributed by atoms with E-state index in [1.165, 1.54) is 11.3 Å². The third kappa shape index (κ3) is 3.79. The lowest BCUT2D eigenvalue weighted by atomic mass is 10.0. The highest BCUT2D eigenvalue weighted by Crippen LogP contribution is 2.36. The minimum absolute atomic E-state index is 0.00226. The maximum absolute atomic E-state index is 9.38. The molecule has 0 unspecified atom stereocenters. The smallest absolute Gasteiger partial charge is 0.276 e. The summed E-state index contributed by atoms with van der Waals surface area (Å²) in [6.07, 6.45) is 2.70. The summed E-state index contributed by atoms with van der Waals surface area (Å²) in [5.41, 5.74) is 5.04. The van der Waals surface area contributed by atoms with E-state index < -0.39 is 0 Å². The second kappa shape index (κ2) is 8.38. The van der Waals surface area contributed by atoms with Crippen LogP contribution in [-0.2, 0) is 12.8 Å². The molecule has 1 aromatic carbocycles. The highest BCUT2D eigenvalue weighted by atomic mass is 32.1. The van der Waals surface area contributed by atoms with Gasteiger partial charge in [0.2, 0.25) is 0 Å². The van der Waals surface area contributed by atoms with Crippen LogP contribution in [0, 0.1) is 11.3 Å². The highest BCUT2D eigenvalue weighted by molar-refractivity contribution is 7.13. The van der Waals surface area contributed by atoms with Crippen LogP contribution in [0.3, 0.4) is 0 Å². The second-order valence-electron chi connectivity index (χ2n) is 5.33. The van der Waals surface area contributed by atoms with Gasteiger partial charge < -0.3 is 9.94 Å². The summed E-state index contributed by atoms with van der Waals surface area (Å²) < 4.78 is 0. The summed E-state index contributed by atoms with van der Waals surface area (Å²) in [4.78, 5) is 11.5. The van der Waals surface area contributed by atoms with Crippen LogP contribution < -0.4 is 10.3 Å². The molecular formula is C18H17N5O2S. The van der Waals surface area contributed by atoms with Crippen LogP contribution in [0.4, 0.5) is 5.95 Å². The first-order valence-corrected chi connectivity index (χ1v) is 8.92. The van der Waals surface area contributed by atoms with Crippen molar-refractivity contribution in [3.05, 3.63) is 51.8 Å². The van der Waals surface area contributed by atoms with Crippen molar-refractivity contribution in [2.45, 2.75) is 19.8 Å². The van der Waals surface area contributed by atoms with Gasteiger partial charge in [-0.15, -0.1) is 16.4 Å². The Balaban J connectivity index is 1.92. The topological polar surface area (TPSA) is 104 Å². The molecule has 0 saturated heterocycles. The first-order chi connectivity index (χ1) is 12.8. The molecule has 0 radical (unpaired) electrons. The van der Waals surface area contributed by atoms with Gasteiger partial charge in [-0.2, -0.15) is 15.8 Å². The molecule has 3 aromatic rings. The fourth-order valence-electron chi connectivity index (χ4n) is 2.58. The molecule has 0 amide bonds. The van der Waals surface area contributed by atoms with Crippen molar-refractivity contribution in [1.82, 2.24) is 15.2 Å². The van der Waals surface area contributed by atoms with E-state index in [-0.39, 0.29) is 12.6 Å². The molecule has 0 saturated carbocycles. The van der Waals surface area contributed by atoms with Gasteiger partial charge in [0.15, 0.2) is 5.75 Å². The number of aliphatic hydroxyl groups is 1. The van der Waals surface area contributed by atoms with E-state index >= 15 is 0 Å². The Labute approximate surface area is 154 Å². The minimum atomic E-state index is 0.00226. The number of aromatic nitrogens is 3. The zero-order chi connectivity index (χ0) is 18.4. The van der Waals surface area contributed by atoms with Crippen molar-refractivity contribution in [3.8, 4) is 23.1 Å². The summed E-state index contributed by atoms with van der Waals surface area (Å²) in [5.74, 6) is 0.840. The summed E-state index contributed by atoms with van der Waals surface area (Å²) in [6, 6.07) is 11.4. The molecule has 0 bridgehead atoms. The molecule has 0 aliphatic heterocycles. The molecular weight excluding hydrogens is 350 g/mol. The summed E-state index contributed by atoms with van der Waals surface area (Å²) in [7, 11) is 0. The van der Waals surface area contributed by atoms with E-state index in [0.29, 0.717) is 29.2 Å². The van der Waals surface area contributed by atoms with E-state index in [9.17, 15) is 10.4 Å². The predicted molar refractivity (Wildman–Crippen MR) is 98.7 cm³/mol. The fraction of sp³-hybridized carbons (Fsp3) is 0.222. The lowest BCUT2D eigenvalue weighted by molar-refractivity contribution is 0.301. The van der Waals surface area contributed by atoms with Crippen molar-refractivity contribution in [3.63, 3.8) is 0 Å². The van der Waals surface area contributed by atoms with Crippen LogP contribution in [-0.4, -0.2) is 26.9 Å². The largest absolute Gasteiger partial charge is 0.396 e. The number of benzene rings is 1. The average molecular weight is 367 g/mol. The van der Waals surface area contributed by atoms with E-state index in [4.69, 9.17) is 4.84 Å². The van der Waals surface area contributed by atoms with Crippen LogP contribution in [0.25, 0.3) is 11.3 Å². The third-order valence-electron chi connectivity index (χ3n) is 3.69. The monoisotopic (exact) mass is 367 g/mol. The second-order valence-corrected chi connectivity index (χ2v) is 6.43. The molecule has 26 heavy (non-hydrogen) atoms.